The second-order valence-electron chi connectivity index (χ2n) is 5.66. The van der Waals surface area contributed by atoms with Crippen molar-refractivity contribution >= 4 is 11.0 Å². The van der Waals surface area contributed by atoms with Gasteiger partial charge in [-0.15, -0.1) is 0 Å². The molecule has 0 aliphatic rings. The SMILES string of the molecule is Cc1ccc2oc(C(NN)C(C)(C)C)cc2c1. The van der Waals surface area contributed by atoms with Gasteiger partial charge in [-0.3, -0.25) is 5.84 Å². The van der Waals surface area contributed by atoms with Crippen molar-refractivity contribution in [3.8, 4) is 0 Å². The highest BCUT2D eigenvalue weighted by atomic mass is 16.3. The molecule has 1 aromatic carbocycles. The minimum atomic E-state index is 0.00945. The summed E-state index contributed by atoms with van der Waals surface area (Å²) in [4.78, 5) is 0. The zero-order valence-electron chi connectivity index (χ0n) is 10.9. The molecule has 0 spiro atoms. The van der Waals surface area contributed by atoms with Gasteiger partial charge in [-0.05, 0) is 30.5 Å². The van der Waals surface area contributed by atoms with E-state index in [1.165, 1.54) is 5.56 Å². The van der Waals surface area contributed by atoms with Crippen LogP contribution in [0.1, 0.15) is 38.1 Å². The molecule has 1 aromatic heterocycles. The fourth-order valence-corrected chi connectivity index (χ4v) is 2.08. The van der Waals surface area contributed by atoms with Crippen LogP contribution in [0.3, 0.4) is 0 Å². The van der Waals surface area contributed by atoms with E-state index in [0.29, 0.717) is 0 Å². The number of benzene rings is 1. The molecule has 0 aliphatic heterocycles. The van der Waals surface area contributed by atoms with Crippen LogP contribution in [0.15, 0.2) is 28.7 Å². The van der Waals surface area contributed by atoms with Gasteiger partial charge in [0, 0.05) is 5.39 Å². The number of furan rings is 1. The van der Waals surface area contributed by atoms with Gasteiger partial charge in [0.05, 0.1) is 6.04 Å². The lowest BCUT2D eigenvalue weighted by molar-refractivity contribution is 0.243. The van der Waals surface area contributed by atoms with Gasteiger partial charge in [-0.2, -0.15) is 0 Å². The normalized spacial score (nSPS) is 14.2. The van der Waals surface area contributed by atoms with E-state index in [4.69, 9.17) is 10.3 Å². The molecular weight excluding hydrogens is 212 g/mol. The topological polar surface area (TPSA) is 51.2 Å². The maximum atomic E-state index is 5.86. The summed E-state index contributed by atoms with van der Waals surface area (Å²) < 4.78 is 5.86. The standard InChI is InChI=1S/C14H20N2O/c1-9-5-6-11-10(7-9)8-12(17-11)13(16-15)14(2,3)4/h5-8,13,16H,15H2,1-4H3. The van der Waals surface area contributed by atoms with Crippen LogP contribution in [-0.2, 0) is 0 Å². The Hall–Kier alpha value is -1.32. The Kier molecular flexibility index (Phi) is 2.98. The number of hydrazine groups is 1. The summed E-state index contributed by atoms with van der Waals surface area (Å²) in [6, 6.07) is 8.26. The summed E-state index contributed by atoms with van der Waals surface area (Å²) in [5, 5.41) is 1.13. The molecule has 3 nitrogen and oxygen atoms in total. The lowest BCUT2D eigenvalue weighted by Gasteiger charge is -2.27. The van der Waals surface area contributed by atoms with E-state index in [9.17, 15) is 0 Å². The van der Waals surface area contributed by atoms with Gasteiger partial charge >= 0.3 is 0 Å². The summed E-state index contributed by atoms with van der Waals surface area (Å²) in [5.74, 6) is 6.52. The first-order valence-electron chi connectivity index (χ1n) is 5.88. The van der Waals surface area contributed by atoms with Gasteiger partial charge in [0.25, 0.3) is 0 Å². The number of rotatable bonds is 2. The van der Waals surface area contributed by atoms with Crippen molar-refractivity contribution in [3.63, 3.8) is 0 Å². The first-order valence-corrected chi connectivity index (χ1v) is 5.88. The van der Waals surface area contributed by atoms with Crippen molar-refractivity contribution in [2.75, 3.05) is 0 Å². The molecule has 1 atom stereocenters. The van der Waals surface area contributed by atoms with E-state index in [1.54, 1.807) is 0 Å². The molecule has 1 heterocycles. The zero-order chi connectivity index (χ0) is 12.6. The smallest absolute Gasteiger partial charge is 0.134 e. The number of fused-ring (bicyclic) bond motifs is 1. The summed E-state index contributed by atoms with van der Waals surface area (Å²) in [7, 11) is 0. The van der Waals surface area contributed by atoms with Crippen molar-refractivity contribution in [2.45, 2.75) is 33.7 Å². The van der Waals surface area contributed by atoms with Gasteiger partial charge in [0.1, 0.15) is 11.3 Å². The summed E-state index contributed by atoms with van der Waals surface area (Å²) in [5.41, 5.74) is 5.00. The molecular formula is C14H20N2O. The predicted molar refractivity (Wildman–Crippen MR) is 70.5 cm³/mol. The predicted octanol–water partition coefficient (Wildman–Crippen LogP) is 3.29. The van der Waals surface area contributed by atoms with E-state index in [2.05, 4.69) is 51.3 Å². The molecule has 0 saturated heterocycles. The number of nitrogens with one attached hydrogen (secondary N) is 1. The van der Waals surface area contributed by atoms with E-state index < -0.39 is 0 Å². The Bertz CT molecular complexity index is 522. The van der Waals surface area contributed by atoms with Crippen LogP contribution in [0, 0.1) is 12.3 Å². The van der Waals surface area contributed by atoms with Crippen molar-refractivity contribution < 1.29 is 4.42 Å². The highest BCUT2D eigenvalue weighted by Crippen LogP contribution is 2.35. The second kappa shape index (κ2) is 4.17. The molecule has 3 N–H and O–H groups in total. The molecule has 1 unspecified atom stereocenters. The van der Waals surface area contributed by atoms with Gasteiger partial charge in [0.15, 0.2) is 0 Å². The molecule has 3 heteroatoms. The third kappa shape index (κ3) is 2.35. The summed E-state index contributed by atoms with van der Waals surface area (Å²) in [6.07, 6.45) is 0. The fraction of sp³-hybridized carbons (Fsp3) is 0.429. The maximum absolute atomic E-state index is 5.86. The minimum absolute atomic E-state index is 0.00945. The molecule has 0 radical (unpaired) electrons. The number of hydrogen-bond donors (Lipinski definition) is 2. The van der Waals surface area contributed by atoms with Crippen LogP contribution in [0.2, 0.25) is 0 Å². The van der Waals surface area contributed by atoms with Crippen LogP contribution in [-0.4, -0.2) is 0 Å². The lowest BCUT2D eigenvalue weighted by Crippen LogP contribution is -2.36. The van der Waals surface area contributed by atoms with Crippen LogP contribution in [0.4, 0.5) is 0 Å². The van der Waals surface area contributed by atoms with Gasteiger partial charge in [-0.1, -0.05) is 32.4 Å². The van der Waals surface area contributed by atoms with Crippen LogP contribution < -0.4 is 11.3 Å². The monoisotopic (exact) mass is 232 g/mol. The van der Waals surface area contributed by atoms with E-state index in [-0.39, 0.29) is 11.5 Å². The largest absolute Gasteiger partial charge is 0.459 e. The highest BCUT2D eigenvalue weighted by Gasteiger charge is 2.28. The number of nitrogens with two attached hydrogens (primary N) is 1. The molecule has 2 rings (SSSR count). The maximum Gasteiger partial charge on any atom is 0.134 e. The van der Waals surface area contributed by atoms with Crippen molar-refractivity contribution in [1.82, 2.24) is 5.43 Å². The Balaban J connectivity index is 2.48. The Morgan fingerprint density at radius 3 is 2.53 bits per heavy atom. The van der Waals surface area contributed by atoms with Gasteiger partial charge < -0.3 is 4.42 Å². The Morgan fingerprint density at radius 1 is 1.24 bits per heavy atom. The molecule has 0 fully saturated rings. The molecule has 0 amide bonds. The van der Waals surface area contributed by atoms with Gasteiger partial charge in [0.2, 0.25) is 0 Å². The van der Waals surface area contributed by atoms with Crippen LogP contribution in [0.5, 0.6) is 0 Å². The molecule has 17 heavy (non-hydrogen) atoms. The quantitative estimate of drug-likeness (QED) is 0.617. The second-order valence-corrected chi connectivity index (χ2v) is 5.66. The van der Waals surface area contributed by atoms with Crippen LogP contribution >= 0.6 is 0 Å². The highest BCUT2D eigenvalue weighted by molar-refractivity contribution is 5.78. The first-order chi connectivity index (χ1) is 7.91. The zero-order valence-corrected chi connectivity index (χ0v) is 10.9. The number of aryl methyl sites for hydroxylation is 1. The molecule has 0 saturated carbocycles. The Morgan fingerprint density at radius 2 is 1.94 bits per heavy atom. The van der Waals surface area contributed by atoms with E-state index >= 15 is 0 Å². The molecule has 2 aromatic rings. The van der Waals surface area contributed by atoms with E-state index in [0.717, 1.165) is 16.7 Å². The summed E-state index contributed by atoms with van der Waals surface area (Å²) >= 11 is 0. The van der Waals surface area contributed by atoms with Crippen molar-refractivity contribution in [2.24, 2.45) is 11.3 Å². The third-order valence-electron chi connectivity index (χ3n) is 3.01. The first kappa shape index (κ1) is 12.1. The minimum Gasteiger partial charge on any atom is -0.459 e. The molecule has 0 bridgehead atoms. The molecule has 0 aliphatic carbocycles. The third-order valence-corrected chi connectivity index (χ3v) is 3.01. The molecule has 92 valence electrons. The lowest BCUT2D eigenvalue weighted by atomic mass is 9.85. The van der Waals surface area contributed by atoms with Crippen LogP contribution in [0.25, 0.3) is 11.0 Å². The number of hydrogen-bond acceptors (Lipinski definition) is 3. The summed E-state index contributed by atoms with van der Waals surface area (Å²) in [6.45, 7) is 8.48. The van der Waals surface area contributed by atoms with Gasteiger partial charge in [-0.25, -0.2) is 5.43 Å². The van der Waals surface area contributed by atoms with E-state index in [1.807, 2.05) is 6.07 Å². The Labute approximate surface area is 102 Å². The average molecular weight is 232 g/mol. The fourth-order valence-electron chi connectivity index (χ4n) is 2.08. The van der Waals surface area contributed by atoms with Crippen molar-refractivity contribution in [3.05, 3.63) is 35.6 Å². The average Bonchev–Trinajstić information content (AvgIpc) is 2.58. The van der Waals surface area contributed by atoms with Crippen molar-refractivity contribution in [1.29, 1.82) is 0 Å².